The van der Waals surface area contributed by atoms with Gasteiger partial charge in [-0.3, -0.25) is 19.7 Å². The zero-order chi connectivity index (χ0) is 24.1. The van der Waals surface area contributed by atoms with Crippen molar-refractivity contribution in [2.75, 3.05) is 13.1 Å². The van der Waals surface area contributed by atoms with E-state index < -0.39 is 27.3 Å². The summed E-state index contributed by atoms with van der Waals surface area (Å²) in [6, 6.07) is 4.90. The van der Waals surface area contributed by atoms with Gasteiger partial charge >= 0.3 is 17.6 Å². The highest BCUT2D eigenvalue weighted by Gasteiger charge is 2.20. The maximum atomic E-state index is 12.1. The molecular formula is C17H15ClN8O7. The van der Waals surface area contributed by atoms with Gasteiger partial charge in [0, 0.05) is 24.7 Å². The molecule has 0 bridgehead atoms. The first kappa shape index (κ1) is 23.3. The van der Waals surface area contributed by atoms with Crippen molar-refractivity contribution >= 4 is 34.9 Å². The Bertz CT molecular complexity index is 1240. The fourth-order valence-corrected chi connectivity index (χ4v) is 2.80. The van der Waals surface area contributed by atoms with E-state index in [1.54, 1.807) is 6.92 Å². The SMILES string of the molecule is Cc1cc([N+](=O)[O-])nn1Cc1noc(C(=O)NCCNC(=O)c2ccc(Cl)c([N+](=O)[O-])c2)n1. The highest BCUT2D eigenvalue weighted by Crippen LogP contribution is 2.24. The van der Waals surface area contributed by atoms with Crippen LogP contribution in [0.15, 0.2) is 28.8 Å². The van der Waals surface area contributed by atoms with E-state index in [9.17, 15) is 29.8 Å². The van der Waals surface area contributed by atoms with Crippen LogP contribution in [0.3, 0.4) is 0 Å². The first-order valence-electron chi connectivity index (χ1n) is 9.17. The first-order valence-corrected chi connectivity index (χ1v) is 9.55. The zero-order valence-electron chi connectivity index (χ0n) is 16.8. The number of amides is 2. The lowest BCUT2D eigenvalue weighted by atomic mass is 10.2. The fourth-order valence-electron chi connectivity index (χ4n) is 2.61. The minimum absolute atomic E-state index is 0.00241. The number of nitrogens with zero attached hydrogens (tertiary/aromatic N) is 6. The van der Waals surface area contributed by atoms with Gasteiger partial charge in [-0.25, -0.2) is 0 Å². The van der Waals surface area contributed by atoms with Crippen LogP contribution in [-0.4, -0.2) is 54.7 Å². The lowest BCUT2D eigenvalue weighted by molar-refractivity contribution is -0.389. The number of benzene rings is 1. The van der Waals surface area contributed by atoms with Crippen LogP contribution in [-0.2, 0) is 6.54 Å². The van der Waals surface area contributed by atoms with E-state index >= 15 is 0 Å². The number of nitrogens with one attached hydrogen (secondary N) is 2. The summed E-state index contributed by atoms with van der Waals surface area (Å²) < 4.78 is 6.17. The Morgan fingerprint density at radius 1 is 1.12 bits per heavy atom. The quantitative estimate of drug-likeness (QED) is 0.256. The van der Waals surface area contributed by atoms with E-state index in [0.717, 1.165) is 6.07 Å². The van der Waals surface area contributed by atoms with E-state index in [1.165, 1.54) is 22.9 Å². The molecule has 0 saturated carbocycles. The molecule has 2 amide bonds. The minimum Gasteiger partial charge on any atom is -0.358 e. The van der Waals surface area contributed by atoms with Gasteiger partial charge in [-0.05, 0) is 24.0 Å². The number of halogens is 1. The number of rotatable bonds is 9. The van der Waals surface area contributed by atoms with E-state index in [2.05, 4.69) is 25.9 Å². The number of nitro groups is 2. The molecule has 0 aliphatic carbocycles. The maximum Gasteiger partial charge on any atom is 0.390 e. The van der Waals surface area contributed by atoms with Crippen molar-refractivity contribution in [3.8, 4) is 0 Å². The Labute approximate surface area is 189 Å². The van der Waals surface area contributed by atoms with Crippen LogP contribution < -0.4 is 10.6 Å². The topological polar surface area (TPSA) is 201 Å². The van der Waals surface area contributed by atoms with Crippen molar-refractivity contribution in [1.82, 2.24) is 30.6 Å². The number of carbonyl (C=O) groups is 2. The number of hydrogen-bond donors (Lipinski definition) is 2. The normalized spacial score (nSPS) is 10.6. The van der Waals surface area contributed by atoms with Gasteiger partial charge in [0.15, 0.2) is 5.82 Å². The van der Waals surface area contributed by atoms with Crippen molar-refractivity contribution in [2.45, 2.75) is 13.5 Å². The lowest BCUT2D eigenvalue weighted by Gasteiger charge is -2.06. The van der Waals surface area contributed by atoms with Crippen molar-refractivity contribution < 1.29 is 24.0 Å². The van der Waals surface area contributed by atoms with Crippen molar-refractivity contribution in [3.63, 3.8) is 0 Å². The summed E-state index contributed by atoms with van der Waals surface area (Å²) in [6.07, 6.45) is 0. The largest absolute Gasteiger partial charge is 0.390 e. The average Bonchev–Trinajstić information content (AvgIpc) is 3.38. The number of carbonyl (C=O) groups excluding carboxylic acids is 2. The Kier molecular flexibility index (Phi) is 6.92. The van der Waals surface area contributed by atoms with E-state index in [0.29, 0.717) is 5.69 Å². The highest BCUT2D eigenvalue weighted by atomic mass is 35.5. The summed E-state index contributed by atoms with van der Waals surface area (Å²) in [7, 11) is 0. The molecule has 2 heterocycles. The second kappa shape index (κ2) is 9.82. The van der Waals surface area contributed by atoms with Gasteiger partial charge in [0.05, 0.1) is 21.8 Å². The van der Waals surface area contributed by atoms with Crippen molar-refractivity contribution in [1.29, 1.82) is 0 Å². The Morgan fingerprint density at radius 3 is 2.45 bits per heavy atom. The number of aryl methyl sites for hydroxylation is 1. The molecule has 0 saturated heterocycles. The lowest BCUT2D eigenvalue weighted by Crippen LogP contribution is -2.34. The zero-order valence-corrected chi connectivity index (χ0v) is 17.6. The summed E-state index contributed by atoms with van der Waals surface area (Å²) in [4.78, 5) is 48.5. The molecule has 1 aromatic carbocycles. The van der Waals surface area contributed by atoms with Crippen LogP contribution in [0, 0.1) is 27.2 Å². The molecule has 3 rings (SSSR count). The number of nitro benzene ring substituents is 1. The minimum atomic E-state index is -0.701. The van der Waals surface area contributed by atoms with Gasteiger partial charge in [-0.1, -0.05) is 16.8 Å². The molecule has 16 heteroatoms. The molecule has 2 N–H and O–H groups in total. The molecule has 3 aromatic rings. The Morgan fingerprint density at radius 2 is 1.82 bits per heavy atom. The van der Waals surface area contributed by atoms with Crippen LogP contribution in [0.25, 0.3) is 0 Å². The van der Waals surface area contributed by atoms with E-state index in [-0.39, 0.29) is 47.8 Å². The molecule has 0 aliphatic heterocycles. The predicted octanol–water partition coefficient (Wildman–Crippen LogP) is 1.25. The van der Waals surface area contributed by atoms with E-state index in [1.807, 2.05) is 0 Å². The van der Waals surface area contributed by atoms with Crippen LogP contribution in [0.5, 0.6) is 0 Å². The maximum absolute atomic E-state index is 12.1. The third-order valence-electron chi connectivity index (χ3n) is 4.21. The molecule has 0 aliphatic rings. The predicted molar refractivity (Wildman–Crippen MR) is 110 cm³/mol. The van der Waals surface area contributed by atoms with Crippen LogP contribution in [0.4, 0.5) is 11.5 Å². The molecule has 0 fully saturated rings. The van der Waals surface area contributed by atoms with Gasteiger partial charge in [-0.2, -0.15) is 9.67 Å². The summed E-state index contributed by atoms with van der Waals surface area (Å²) in [5.41, 5.74) is 0.136. The molecular weight excluding hydrogens is 464 g/mol. The van der Waals surface area contributed by atoms with Gasteiger partial charge in [0.25, 0.3) is 11.6 Å². The van der Waals surface area contributed by atoms with Crippen molar-refractivity contribution in [3.05, 3.63) is 72.5 Å². The molecule has 172 valence electrons. The van der Waals surface area contributed by atoms with Crippen molar-refractivity contribution in [2.24, 2.45) is 0 Å². The summed E-state index contributed by atoms with van der Waals surface area (Å²) in [5.74, 6) is -1.88. The average molecular weight is 479 g/mol. The second-order valence-corrected chi connectivity index (χ2v) is 6.92. The summed E-state index contributed by atoms with van der Waals surface area (Å²) in [6.45, 7) is 1.59. The number of aromatic nitrogens is 4. The molecule has 2 aromatic heterocycles. The summed E-state index contributed by atoms with van der Waals surface area (Å²) in [5, 5.41) is 34.0. The highest BCUT2D eigenvalue weighted by molar-refractivity contribution is 6.32. The molecule has 0 spiro atoms. The van der Waals surface area contributed by atoms with E-state index in [4.69, 9.17) is 16.1 Å². The van der Waals surface area contributed by atoms with Crippen LogP contribution in [0.1, 0.15) is 32.6 Å². The number of hydrogen-bond acceptors (Lipinski definition) is 10. The van der Waals surface area contributed by atoms with Gasteiger partial charge in [-0.15, -0.1) is 0 Å². The first-order chi connectivity index (χ1) is 15.7. The van der Waals surface area contributed by atoms with Gasteiger partial charge in [0.2, 0.25) is 0 Å². The monoisotopic (exact) mass is 478 g/mol. The van der Waals surface area contributed by atoms with Crippen LogP contribution in [0.2, 0.25) is 5.02 Å². The summed E-state index contributed by atoms with van der Waals surface area (Å²) >= 11 is 5.71. The Hall–Kier alpha value is -4.40. The third kappa shape index (κ3) is 5.65. The molecule has 0 unspecified atom stereocenters. The molecule has 15 nitrogen and oxygen atoms in total. The molecule has 0 radical (unpaired) electrons. The molecule has 0 atom stereocenters. The fraction of sp³-hybridized carbons (Fsp3) is 0.235. The van der Waals surface area contributed by atoms with Gasteiger partial charge in [0.1, 0.15) is 11.6 Å². The van der Waals surface area contributed by atoms with Gasteiger partial charge < -0.3 is 25.3 Å². The standard InChI is InChI=1S/C17H15ClN8O7/c1-9-6-14(26(31)32)22-24(9)8-13-21-17(33-23-13)16(28)20-5-4-19-15(27)10-2-3-11(18)12(7-10)25(29)30/h2-3,6-7H,4-5,8H2,1H3,(H,19,27)(H,20,28). The second-order valence-electron chi connectivity index (χ2n) is 6.51. The smallest absolute Gasteiger partial charge is 0.358 e. The third-order valence-corrected chi connectivity index (χ3v) is 4.53. The molecule has 33 heavy (non-hydrogen) atoms. The van der Waals surface area contributed by atoms with Crippen LogP contribution >= 0.6 is 11.6 Å². The Balaban J connectivity index is 1.49.